The average molecular weight is 383 g/mol. The van der Waals surface area contributed by atoms with Crippen molar-refractivity contribution in [1.82, 2.24) is 4.90 Å². The van der Waals surface area contributed by atoms with Crippen molar-refractivity contribution in [1.29, 1.82) is 0 Å². The number of hydrogen-bond donors (Lipinski definition) is 0. The van der Waals surface area contributed by atoms with Gasteiger partial charge in [0.05, 0.1) is 13.7 Å². The van der Waals surface area contributed by atoms with Crippen molar-refractivity contribution in [2.75, 3.05) is 20.8 Å². The summed E-state index contributed by atoms with van der Waals surface area (Å²) in [5.74, 6) is 0.750. The summed E-state index contributed by atoms with van der Waals surface area (Å²) >= 11 is 0. The van der Waals surface area contributed by atoms with Crippen LogP contribution < -0.4 is 4.89 Å². The van der Waals surface area contributed by atoms with Crippen molar-refractivity contribution in [3.05, 3.63) is 58.8 Å². The molecule has 1 aromatic rings. The first-order valence-electron chi connectivity index (χ1n) is 9.58. The fraction of sp³-hybridized carbons (Fsp3) is 0.435. The van der Waals surface area contributed by atoms with Crippen LogP contribution in [0.5, 0.6) is 5.75 Å². The number of hydrogen-bond acceptors (Lipinski definition) is 5. The highest BCUT2D eigenvalue weighted by atomic mass is 17.2. The molecule has 2 heterocycles. The van der Waals surface area contributed by atoms with Gasteiger partial charge < -0.3 is 14.5 Å². The maximum Gasteiger partial charge on any atom is 0.168 e. The first-order chi connectivity index (χ1) is 13.4. The molecule has 3 rings (SSSR count). The third kappa shape index (κ3) is 3.52. The summed E-state index contributed by atoms with van der Waals surface area (Å²) in [5, 5.41) is 0. The second-order valence-corrected chi connectivity index (χ2v) is 8.03. The molecular formula is C23H29NO4. The number of nitrogens with zero attached hydrogens (tertiary/aromatic N) is 1. The van der Waals surface area contributed by atoms with Crippen LogP contribution in [0.25, 0.3) is 5.70 Å². The highest BCUT2D eigenvalue weighted by Crippen LogP contribution is 2.44. The fourth-order valence-corrected chi connectivity index (χ4v) is 4.15. The second kappa shape index (κ2) is 7.94. The van der Waals surface area contributed by atoms with Crippen LogP contribution in [0.3, 0.4) is 0 Å². The number of aryl methyl sites for hydroxylation is 1. The van der Waals surface area contributed by atoms with Crippen molar-refractivity contribution in [2.24, 2.45) is 5.41 Å². The average Bonchev–Trinajstić information content (AvgIpc) is 2.66. The Kier molecular flexibility index (Phi) is 5.77. The van der Waals surface area contributed by atoms with Gasteiger partial charge in [0.25, 0.3) is 0 Å². The van der Waals surface area contributed by atoms with Crippen LogP contribution in [-0.4, -0.2) is 38.1 Å². The van der Waals surface area contributed by atoms with Crippen LogP contribution in [0, 0.1) is 5.41 Å². The predicted molar refractivity (Wildman–Crippen MR) is 110 cm³/mol. The molecule has 1 aromatic carbocycles. The number of allylic oxidation sites excluding steroid dienone is 3. The Morgan fingerprint density at radius 1 is 1.32 bits per heavy atom. The molecule has 0 saturated heterocycles. The van der Waals surface area contributed by atoms with Gasteiger partial charge in [0.2, 0.25) is 0 Å². The first-order valence-corrected chi connectivity index (χ1v) is 9.58. The number of carbonyl (C=O) groups is 1. The highest BCUT2D eigenvalue weighted by molar-refractivity contribution is 5.87. The Morgan fingerprint density at radius 3 is 2.68 bits per heavy atom. The third-order valence-electron chi connectivity index (χ3n) is 5.65. The second-order valence-electron chi connectivity index (χ2n) is 8.03. The van der Waals surface area contributed by atoms with Crippen LogP contribution in [0.4, 0.5) is 0 Å². The molecule has 1 unspecified atom stereocenters. The molecule has 1 atom stereocenters. The van der Waals surface area contributed by atoms with E-state index in [4.69, 9.17) is 14.5 Å². The quantitative estimate of drug-likeness (QED) is 0.403. The van der Waals surface area contributed by atoms with Gasteiger partial charge in [-0.05, 0) is 47.8 Å². The molecule has 150 valence electrons. The predicted octanol–water partition coefficient (Wildman–Crippen LogP) is 4.08. The molecule has 2 aliphatic rings. The molecular weight excluding hydrogens is 354 g/mol. The zero-order valence-corrected chi connectivity index (χ0v) is 17.4. The molecule has 2 aliphatic heterocycles. The zero-order chi connectivity index (χ0) is 20.5. The van der Waals surface area contributed by atoms with Gasteiger partial charge in [-0.1, -0.05) is 27.4 Å². The minimum atomic E-state index is -0.138. The monoisotopic (exact) mass is 383 g/mol. The van der Waals surface area contributed by atoms with Crippen LogP contribution in [0.1, 0.15) is 37.5 Å². The molecule has 0 bridgehead atoms. The molecule has 5 nitrogen and oxygen atoms in total. The van der Waals surface area contributed by atoms with Crippen molar-refractivity contribution in [2.45, 2.75) is 39.7 Å². The number of ether oxygens (including phenoxy) is 1. The van der Waals surface area contributed by atoms with Crippen molar-refractivity contribution >= 4 is 12.0 Å². The highest BCUT2D eigenvalue weighted by Gasteiger charge is 2.40. The van der Waals surface area contributed by atoms with Crippen LogP contribution in [0.15, 0.2) is 42.1 Å². The molecule has 0 saturated carbocycles. The molecule has 0 radical (unpaired) electrons. The first kappa shape index (κ1) is 20.4. The SMILES string of the molecule is C=C1C=C2c3cc(CC)c(OOC)cc3CC(C(C)(C)COC)N2C=C1C=O. The van der Waals surface area contributed by atoms with Gasteiger partial charge in [-0.3, -0.25) is 4.79 Å². The molecule has 28 heavy (non-hydrogen) atoms. The van der Waals surface area contributed by atoms with Crippen LogP contribution in [-0.2, 0) is 27.3 Å². The summed E-state index contributed by atoms with van der Waals surface area (Å²) in [6, 6.07) is 4.36. The summed E-state index contributed by atoms with van der Waals surface area (Å²) in [6.07, 6.45) is 6.45. The number of fused-ring (bicyclic) bond motifs is 3. The molecule has 5 heteroatoms. The Balaban J connectivity index is 2.18. The lowest BCUT2D eigenvalue weighted by Crippen LogP contribution is -2.48. The summed E-state index contributed by atoms with van der Waals surface area (Å²) < 4.78 is 5.50. The van der Waals surface area contributed by atoms with Gasteiger partial charge in [0.15, 0.2) is 12.0 Å². The van der Waals surface area contributed by atoms with E-state index in [9.17, 15) is 4.79 Å². The summed E-state index contributed by atoms with van der Waals surface area (Å²) in [5.41, 5.74) is 5.67. The van der Waals surface area contributed by atoms with Gasteiger partial charge in [-0.2, -0.15) is 4.89 Å². The lowest BCUT2D eigenvalue weighted by Gasteiger charge is -2.47. The minimum Gasteiger partial charge on any atom is -0.384 e. The van der Waals surface area contributed by atoms with Gasteiger partial charge in [0.1, 0.15) is 0 Å². The molecule has 0 aliphatic carbocycles. The number of methoxy groups -OCH3 is 1. The van der Waals surface area contributed by atoms with Crippen molar-refractivity contribution < 1.29 is 19.3 Å². The summed E-state index contributed by atoms with van der Waals surface area (Å²) in [7, 11) is 3.24. The van der Waals surface area contributed by atoms with E-state index in [2.05, 4.69) is 44.4 Å². The molecule has 0 amide bonds. The smallest absolute Gasteiger partial charge is 0.168 e. The fourth-order valence-electron chi connectivity index (χ4n) is 4.15. The minimum absolute atomic E-state index is 0.122. The van der Waals surface area contributed by atoms with E-state index in [1.807, 2.05) is 12.3 Å². The molecule has 0 aromatic heterocycles. The molecule has 0 fully saturated rings. The Bertz CT molecular complexity index is 850. The number of rotatable bonds is 7. The molecule has 0 N–H and O–H groups in total. The standard InChI is InChI=1S/C23H29NO4/c1-7-16-9-19-17(10-21(16)28-27-6)11-22(23(3,4)14-26-5)24-12-18(13-25)15(2)8-20(19)24/h8-10,12-13,22H,2,7,11,14H2,1,3-6H3. The van der Waals surface area contributed by atoms with E-state index >= 15 is 0 Å². The largest absolute Gasteiger partial charge is 0.384 e. The van der Waals surface area contributed by atoms with E-state index in [0.717, 1.165) is 47.3 Å². The van der Waals surface area contributed by atoms with Gasteiger partial charge >= 0.3 is 0 Å². The van der Waals surface area contributed by atoms with Crippen LogP contribution in [0.2, 0.25) is 0 Å². The Hall–Kier alpha value is -2.37. The van der Waals surface area contributed by atoms with E-state index in [-0.39, 0.29) is 11.5 Å². The molecule has 0 spiro atoms. The van der Waals surface area contributed by atoms with Gasteiger partial charge in [0, 0.05) is 41.6 Å². The van der Waals surface area contributed by atoms with Crippen molar-refractivity contribution in [3.63, 3.8) is 0 Å². The van der Waals surface area contributed by atoms with Gasteiger partial charge in [-0.15, -0.1) is 0 Å². The van der Waals surface area contributed by atoms with Crippen LogP contribution >= 0.6 is 0 Å². The van der Waals surface area contributed by atoms with Crippen molar-refractivity contribution in [3.8, 4) is 5.75 Å². The van der Waals surface area contributed by atoms with E-state index in [1.165, 1.54) is 12.7 Å². The number of benzene rings is 1. The Morgan fingerprint density at radius 2 is 2.07 bits per heavy atom. The van der Waals surface area contributed by atoms with E-state index in [0.29, 0.717) is 12.2 Å². The van der Waals surface area contributed by atoms with E-state index in [1.54, 1.807) is 7.11 Å². The maximum atomic E-state index is 11.5. The Labute approximate surface area is 167 Å². The summed E-state index contributed by atoms with van der Waals surface area (Å²) in [6.45, 7) is 11.1. The normalized spacial score (nSPS) is 18.8. The lowest BCUT2D eigenvalue weighted by molar-refractivity contribution is -0.178. The number of aldehydes is 1. The van der Waals surface area contributed by atoms with Gasteiger partial charge in [-0.25, -0.2) is 0 Å². The third-order valence-corrected chi connectivity index (χ3v) is 5.65. The number of carbonyl (C=O) groups excluding carboxylic acids is 1. The van der Waals surface area contributed by atoms with E-state index < -0.39 is 0 Å². The topological polar surface area (TPSA) is 48.0 Å². The zero-order valence-electron chi connectivity index (χ0n) is 17.4. The lowest BCUT2D eigenvalue weighted by atomic mass is 9.75. The summed E-state index contributed by atoms with van der Waals surface area (Å²) in [4.78, 5) is 24.1. The maximum absolute atomic E-state index is 11.5.